The summed E-state index contributed by atoms with van der Waals surface area (Å²) in [5.74, 6) is 1.53. The van der Waals surface area contributed by atoms with Crippen LogP contribution in [0, 0.1) is 13.8 Å². The Labute approximate surface area is 227 Å². The summed E-state index contributed by atoms with van der Waals surface area (Å²) >= 11 is 0. The quantitative estimate of drug-likeness (QED) is 0.326. The van der Waals surface area contributed by atoms with Crippen LogP contribution in [0.25, 0.3) is 0 Å². The van der Waals surface area contributed by atoms with E-state index in [1.54, 1.807) is 12.3 Å². The van der Waals surface area contributed by atoms with E-state index in [4.69, 9.17) is 4.74 Å². The summed E-state index contributed by atoms with van der Waals surface area (Å²) in [7, 11) is -1.37. The first-order chi connectivity index (χ1) is 18.5. The minimum Gasteiger partial charge on any atom is -0.488 e. The van der Waals surface area contributed by atoms with Gasteiger partial charge in [0.2, 0.25) is 0 Å². The molecule has 0 amide bonds. The van der Waals surface area contributed by atoms with E-state index in [9.17, 15) is 4.21 Å². The van der Waals surface area contributed by atoms with Gasteiger partial charge < -0.3 is 9.64 Å². The highest BCUT2D eigenvalue weighted by molar-refractivity contribution is 7.86. The van der Waals surface area contributed by atoms with Crippen molar-refractivity contribution in [1.29, 1.82) is 0 Å². The molecule has 0 aliphatic carbocycles. The van der Waals surface area contributed by atoms with Gasteiger partial charge in [-0.1, -0.05) is 42.5 Å². The third-order valence-electron chi connectivity index (χ3n) is 6.72. The normalized spacial score (nSPS) is 14.7. The van der Waals surface area contributed by atoms with Crippen LogP contribution >= 0.6 is 0 Å². The van der Waals surface area contributed by atoms with E-state index in [1.165, 1.54) is 28.6 Å². The lowest BCUT2D eigenvalue weighted by atomic mass is 10.0. The minimum atomic E-state index is -1.37. The van der Waals surface area contributed by atoms with Crippen molar-refractivity contribution >= 4 is 22.5 Å². The molecule has 1 fully saturated rings. The van der Waals surface area contributed by atoms with Crippen molar-refractivity contribution in [2.75, 3.05) is 35.8 Å². The van der Waals surface area contributed by atoms with E-state index in [1.807, 2.05) is 42.5 Å². The van der Waals surface area contributed by atoms with Crippen molar-refractivity contribution in [3.05, 3.63) is 108 Å². The van der Waals surface area contributed by atoms with Crippen molar-refractivity contribution in [2.24, 2.45) is 0 Å². The molecule has 3 aromatic carbocycles. The number of anilines is 2. The van der Waals surface area contributed by atoms with Crippen LogP contribution in [0.4, 0.5) is 11.5 Å². The maximum Gasteiger partial charge on any atom is 0.151 e. The van der Waals surface area contributed by atoms with E-state index >= 15 is 0 Å². The molecule has 0 saturated carbocycles. The zero-order valence-corrected chi connectivity index (χ0v) is 22.7. The molecule has 1 aliphatic rings. The zero-order valence-electron chi connectivity index (χ0n) is 21.8. The van der Waals surface area contributed by atoms with Gasteiger partial charge in [0, 0.05) is 44.6 Å². The third-order valence-corrected chi connectivity index (χ3v) is 7.81. The van der Waals surface area contributed by atoms with Crippen LogP contribution in [0.2, 0.25) is 0 Å². The number of nitrogens with zero attached hydrogens (tertiary/aromatic N) is 4. The molecule has 1 unspecified atom stereocenters. The molecule has 8 heteroatoms. The van der Waals surface area contributed by atoms with Gasteiger partial charge in [0.25, 0.3) is 0 Å². The van der Waals surface area contributed by atoms with Crippen LogP contribution in [0.1, 0.15) is 22.3 Å². The smallest absolute Gasteiger partial charge is 0.151 e. The van der Waals surface area contributed by atoms with Crippen molar-refractivity contribution in [3.8, 4) is 5.75 Å². The summed E-state index contributed by atoms with van der Waals surface area (Å²) in [6.07, 6.45) is 3.05. The Kier molecular flexibility index (Phi) is 8.31. The molecule has 1 aliphatic heterocycles. The number of nitrogens with one attached hydrogen (secondary N) is 1. The maximum absolute atomic E-state index is 12.6. The maximum atomic E-state index is 12.6. The predicted octanol–water partition coefficient (Wildman–Crippen LogP) is 5.13. The molecule has 1 aromatic heterocycles. The second kappa shape index (κ2) is 12.2. The summed E-state index contributed by atoms with van der Waals surface area (Å²) < 4.78 is 21.7. The topological polar surface area (TPSA) is 70.6 Å². The number of ether oxygens (including phenoxy) is 1. The Morgan fingerprint density at radius 2 is 1.61 bits per heavy atom. The molecule has 196 valence electrons. The van der Waals surface area contributed by atoms with E-state index in [2.05, 4.69) is 62.6 Å². The Bertz CT molecular complexity index is 1340. The van der Waals surface area contributed by atoms with Gasteiger partial charge in [-0.05, 0) is 66.4 Å². The van der Waals surface area contributed by atoms with Crippen LogP contribution < -0.4 is 14.4 Å². The number of benzene rings is 3. The molecule has 1 N–H and O–H groups in total. The molecule has 7 nitrogen and oxygen atoms in total. The van der Waals surface area contributed by atoms with Gasteiger partial charge >= 0.3 is 0 Å². The summed E-state index contributed by atoms with van der Waals surface area (Å²) in [6.45, 7) is 9.68. The Morgan fingerprint density at radius 3 is 2.26 bits per heavy atom. The lowest BCUT2D eigenvalue weighted by Gasteiger charge is -2.36. The fourth-order valence-corrected chi connectivity index (χ4v) is 5.61. The van der Waals surface area contributed by atoms with E-state index in [-0.39, 0.29) is 0 Å². The SMILES string of the molecule is Cc1cc(CN2CCN(c3ccc(S(=O)Nc4ccncn4)cc3)CC2)cc(C)c1OCc1ccccc1. The average Bonchev–Trinajstić information content (AvgIpc) is 2.94. The first-order valence-electron chi connectivity index (χ1n) is 12.8. The van der Waals surface area contributed by atoms with E-state index < -0.39 is 11.0 Å². The number of rotatable bonds is 9. The van der Waals surface area contributed by atoms with Crippen LogP contribution in [-0.4, -0.2) is 45.3 Å². The van der Waals surface area contributed by atoms with Crippen LogP contribution in [0.15, 0.2) is 90.2 Å². The molecule has 38 heavy (non-hydrogen) atoms. The Hall–Kier alpha value is -3.75. The second-order valence-electron chi connectivity index (χ2n) is 9.56. The largest absolute Gasteiger partial charge is 0.488 e. The number of piperazine rings is 1. The molecule has 0 radical (unpaired) electrons. The highest BCUT2D eigenvalue weighted by Crippen LogP contribution is 2.27. The lowest BCUT2D eigenvalue weighted by molar-refractivity contribution is 0.249. The van der Waals surface area contributed by atoms with Crippen molar-refractivity contribution in [3.63, 3.8) is 0 Å². The Morgan fingerprint density at radius 1 is 0.895 bits per heavy atom. The van der Waals surface area contributed by atoms with Crippen molar-refractivity contribution < 1.29 is 8.95 Å². The lowest BCUT2D eigenvalue weighted by Crippen LogP contribution is -2.46. The number of aromatic nitrogens is 2. The highest BCUT2D eigenvalue weighted by atomic mass is 32.2. The molecular formula is C30H33N5O2S. The molecule has 1 saturated heterocycles. The zero-order chi connectivity index (χ0) is 26.3. The van der Waals surface area contributed by atoms with Crippen LogP contribution in [0.3, 0.4) is 0 Å². The molecule has 1 atom stereocenters. The number of hydrogen-bond acceptors (Lipinski definition) is 6. The first kappa shape index (κ1) is 25.9. The minimum absolute atomic E-state index is 0.540. The number of aryl methyl sites for hydroxylation is 2. The summed E-state index contributed by atoms with van der Waals surface area (Å²) in [4.78, 5) is 13.6. The van der Waals surface area contributed by atoms with Crippen LogP contribution in [-0.2, 0) is 24.1 Å². The van der Waals surface area contributed by atoms with Gasteiger partial charge in [0.05, 0.1) is 4.90 Å². The standard InChI is InChI=1S/C30H33N5O2S/c1-23-18-26(19-24(2)30(23)37-21-25-6-4-3-5-7-25)20-34-14-16-35(17-15-34)27-8-10-28(11-9-27)38(36)33-29-12-13-31-22-32-29/h3-13,18-19,22H,14-17,20-21H2,1-2H3,(H,31,32,33). The second-order valence-corrected chi connectivity index (χ2v) is 10.8. The van der Waals surface area contributed by atoms with Crippen molar-refractivity contribution in [2.45, 2.75) is 31.9 Å². The summed E-state index contributed by atoms with van der Waals surface area (Å²) in [5, 5.41) is 0. The number of hydrogen-bond donors (Lipinski definition) is 1. The molecule has 2 heterocycles. The fourth-order valence-electron chi connectivity index (χ4n) is 4.80. The van der Waals surface area contributed by atoms with E-state index in [0.29, 0.717) is 17.3 Å². The van der Waals surface area contributed by atoms with Gasteiger partial charge in [0.15, 0.2) is 11.0 Å². The molecule has 0 spiro atoms. The highest BCUT2D eigenvalue weighted by Gasteiger charge is 2.19. The molecular weight excluding hydrogens is 494 g/mol. The average molecular weight is 528 g/mol. The van der Waals surface area contributed by atoms with Crippen LogP contribution in [0.5, 0.6) is 5.75 Å². The first-order valence-corrected chi connectivity index (χ1v) is 14.0. The predicted molar refractivity (Wildman–Crippen MR) is 153 cm³/mol. The van der Waals surface area contributed by atoms with Gasteiger partial charge in [-0.15, -0.1) is 0 Å². The molecule has 4 aromatic rings. The summed E-state index contributed by atoms with van der Waals surface area (Å²) in [5.41, 5.74) is 6.01. The van der Waals surface area contributed by atoms with Gasteiger partial charge in [-0.2, -0.15) is 0 Å². The molecule has 0 bridgehead atoms. The molecule has 5 rings (SSSR count). The Balaban J connectivity index is 1.13. The fraction of sp³-hybridized carbons (Fsp3) is 0.267. The third kappa shape index (κ3) is 6.57. The van der Waals surface area contributed by atoms with Gasteiger partial charge in [-0.3, -0.25) is 9.62 Å². The van der Waals surface area contributed by atoms with E-state index in [0.717, 1.165) is 44.2 Å². The van der Waals surface area contributed by atoms with Gasteiger partial charge in [0.1, 0.15) is 24.5 Å². The van der Waals surface area contributed by atoms with Crippen molar-refractivity contribution in [1.82, 2.24) is 14.9 Å². The summed E-state index contributed by atoms with van der Waals surface area (Å²) in [6, 6.07) is 24.4. The monoisotopic (exact) mass is 527 g/mol. The van der Waals surface area contributed by atoms with Gasteiger partial charge in [-0.25, -0.2) is 14.2 Å².